The van der Waals surface area contributed by atoms with Crippen LogP contribution in [0.4, 0.5) is 11.4 Å². The van der Waals surface area contributed by atoms with Gasteiger partial charge in [-0.25, -0.2) is 0 Å². The minimum absolute atomic E-state index is 0.115. The number of hydrogen-bond donors (Lipinski definition) is 3. The lowest BCUT2D eigenvalue weighted by Gasteiger charge is -2.10. The van der Waals surface area contributed by atoms with Crippen molar-refractivity contribution in [2.24, 2.45) is 10.2 Å². The van der Waals surface area contributed by atoms with Crippen molar-refractivity contribution in [1.29, 1.82) is 0 Å². The SMILES string of the molecule is COc1ccc(/N=N/c2c(S(=O)(=O)O)cc3cc(C)ccc3c2O)c(S(=O)(=O)O)c1. The highest BCUT2D eigenvalue weighted by molar-refractivity contribution is 7.86. The van der Waals surface area contributed by atoms with Crippen molar-refractivity contribution >= 4 is 42.4 Å². The number of azo groups is 1. The van der Waals surface area contributed by atoms with Crippen LogP contribution in [0.1, 0.15) is 5.56 Å². The van der Waals surface area contributed by atoms with E-state index in [0.29, 0.717) is 5.39 Å². The minimum atomic E-state index is -4.82. The second kappa shape index (κ2) is 7.65. The molecular formula is C18H16N2O8S2. The maximum Gasteiger partial charge on any atom is 0.296 e. The van der Waals surface area contributed by atoms with Gasteiger partial charge < -0.3 is 9.84 Å². The van der Waals surface area contributed by atoms with Crippen LogP contribution in [0.3, 0.4) is 0 Å². The van der Waals surface area contributed by atoms with Gasteiger partial charge in [-0.2, -0.15) is 16.8 Å². The summed E-state index contributed by atoms with van der Waals surface area (Å²) in [6.07, 6.45) is 0. The largest absolute Gasteiger partial charge is 0.505 e. The molecule has 0 unspecified atom stereocenters. The van der Waals surface area contributed by atoms with E-state index in [1.165, 1.54) is 25.3 Å². The molecule has 0 heterocycles. The number of methoxy groups -OCH3 is 1. The summed E-state index contributed by atoms with van der Waals surface area (Å²) in [5.74, 6) is -0.463. The molecule has 10 nitrogen and oxygen atoms in total. The van der Waals surface area contributed by atoms with Gasteiger partial charge in [0.1, 0.15) is 26.9 Å². The molecule has 0 aromatic heterocycles. The van der Waals surface area contributed by atoms with Crippen LogP contribution in [0.15, 0.2) is 62.5 Å². The molecule has 3 rings (SSSR count). The van der Waals surface area contributed by atoms with Gasteiger partial charge in [0.25, 0.3) is 20.2 Å². The van der Waals surface area contributed by atoms with Crippen LogP contribution in [-0.4, -0.2) is 38.2 Å². The molecule has 3 N–H and O–H groups in total. The first-order chi connectivity index (χ1) is 13.9. The van der Waals surface area contributed by atoms with Crippen LogP contribution in [0.25, 0.3) is 10.8 Å². The van der Waals surface area contributed by atoms with Crippen LogP contribution in [0.5, 0.6) is 11.5 Å². The standard InChI is InChI=1S/C18H16N2O8S2/c1-10-3-5-13-11(7-10)8-16(30(25,26)27)17(18(13)21)20-19-14-6-4-12(28-2)9-15(14)29(22,23)24/h3-9,21H,1-2H3,(H,22,23,24)(H,25,26,27)/b20-19+. The highest BCUT2D eigenvalue weighted by atomic mass is 32.2. The van der Waals surface area contributed by atoms with Crippen LogP contribution in [0.2, 0.25) is 0 Å². The molecular weight excluding hydrogens is 436 g/mol. The highest BCUT2D eigenvalue weighted by Crippen LogP contribution is 2.42. The molecule has 0 aliphatic carbocycles. The van der Waals surface area contributed by atoms with E-state index in [-0.39, 0.29) is 16.8 Å². The van der Waals surface area contributed by atoms with Crippen molar-refractivity contribution in [3.05, 3.63) is 48.0 Å². The van der Waals surface area contributed by atoms with E-state index in [1.807, 2.05) is 0 Å². The minimum Gasteiger partial charge on any atom is -0.505 e. The Hall–Kier alpha value is -3.06. The average molecular weight is 452 g/mol. The van der Waals surface area contributed by atoms with E-state index in [0.717, 1.165) is 17.7 Å². The van der Waals surface area contributed by atoms with Crippen LogP contribution >= 0.6 is 0 Å². The second-order valence-corrected chi connectivity index (χ2v) is 9.06. The number of fused-ring (bicyclic) bond motifs is 1. The zero-order valence-electron chi connectivity index (χ0n) is 15.6. The molecule has 0 bridgehead atoms. The van der Waals surface area contributed by atoms with Crippen LogP contribution < -0.4 is 4.74 Å². The third-order valence-electron chi connectivity index (χ3n) is 4.19. The first kappa shape index (κ1) is 21.6. The van der Waals surface area contributed by atoms with Crippen molar-refractivity contribution in [2.75, 3.05) is 7.11 Å². The number of benzene rings is 3. The quantitative estimate of drug-likeness (QED) is 0.389. The lowest BCUT2D eigenvalue weighted by atomic mass is 10.1. The number of nitrogens with zero attached hydrogens (tertiary/aromatic N) is 2. The molecule has 0 atom stereocenters. The Labute approximate surface area is 172 Å². The maximum absolute atomic E-state index is 11.8. The lowest BCUT2D eigenvalue weighted by molar-refractivity contribution is 0.412. The summed E-state index contributed by atoms with van der Waals surface area (Å²) in [5, 5.41) is 18.5. The fourth-order valence-corrected chi connectivity index (χ4v) is 4.07. The van der Waals surface area contributed by atoms with Gasteiger partial charge in [-0.15, -0.1) is 10.2 Å². The van der Waals surface area contributed by atoms with E-state index >= 15 is 0 Å². The second-order valence-electron chi connectivity index (χ2n) is 6.28. The van der Waals surface area contributed by atoms with Crippen molar-refractivity contribution in [3.8, 4) is 11.5 Å². The Bertz CT molecular complexity index is 1400. The van der Waals surface area contributed by atoms with Gasteiger partial charge in [-0.3, -0.25) is 9.11 Å². The first-order valence-corrected chi connectivity index (χ1v) is 11.1. The molecule has 0 aliphatic rings. The molecule has 0 saturated heterocycles. The Kier molecular flexibility index (Phi) is 5.52. The summed E-state index contributed by atoms with van der Waals surface area (Å²) < 4.78 is 70.9. The average Bonchev–Trinajstić information content (AvgIpc) is 2.65. The van der Waals surface area contributed by atoms with E-state index in [9.17, 15) is 31.0 Å². The van der Waals surface area contributed by atoms with Crippen molar-refractivity contribution < 1.29 is 35.8 Å². The van der Waals surface area contributed by atoms with Crippen molar-refractivity contribution in [2.45, 2.75) is 16.7 Å². The number of rotatable bonds is 5. The van der Waals surface area contributed by atoms with Gasteiger partial charge >= 0.3 is 0 Å². The van der Waals surface area contributed by atoms with Gasteiger partial charge in [-0.05, 0) is 30.5 Å². The summed E-state index contributed by atoms with van der Waals surface area (Å²) >= 11 is 0. The van der Waals surface area contributed by atoms with Gasteiger partial charge in [0, 0.05) is 11.5 Å². The Morgan fingerprint density at radius 3 is 2.13 bits per heavy atom. The molecule has 30 heavy (non-hydrogen) atoms. The van der Waals surface area contributed by atoms with Crippen LogP contribution in [0, 0.1) is 6.92 Å². The monoisotopic (exact) mass is 452 g/mol. The zero-order chi connectivity index (χ0) is 22.3. The van der Waals surface area contributed by atoms with Gasteiger partial charge in [0.15, 0.2) is 5.75 Å². The molecule has 3 aromatic rings. The molecule has 158 valence electrons. The zero-order valence-corrected chi connectivity index (χ0v) is 17.3. The fraction of sp³-hybridized carbons (Fsp3) is 0.111. The highest BCUT2D eigenvalue weighted by Gasteiger charge is 2.23. The fourth-order valence-electron chi connectivity index (χ4n) is 2.78. The molecule has 0 spiro atoms. The van der Waals surface area contributed by atoms with Gasteiger partial charge in [0.05, 0.1) is 7.11 Å². The van der Waals surface area contributed by atoms with E-state index < -0.39 is 41.5 Å². The molecule has 0 fully saturated rings. The first-order valence-electron chi connectivity index (χ1n) is 8.23. The van der Waals surface area contributed by atoms with Crippen LogP contribution in [-0.2, 0) is 20.2 Å². The normalized spacial score (nSPS) is 12.5. The molecule has 12 heteroatoms. The maximum atomic E-state index is 11.8. The Morgan fingerprint density at radius 1 is 0.867 bits per heavy atom. The Balaban J connectivity index is 2.27. The predicted octanol–water partition coefficient (Wildman–Crippen LogP) is 3.77. The number of ether oxygens (including phenoxy) is 1. The number of aryl methyl sites for hydroxylation is 1. The van der Waals surface area contributed by atoms with Crippen molar-refractivity contribution in [1.82, 2.24) is 0 Å². The number of hydrogen-bond acceptors (Lipinski definition) is 8. The number of aromatic hydroxyl groups is 1. The van der Waals surface area contributed by atoms with Gasteiger partial charge in [0.2, 0.25) is 0 Å². The number of phenolic OH excluding ortho intramolecular Hbond substituents is 1. The molecule has 0 saturated carbocycles. The summed E-state index contributed by atoms with van der Waals surface area (Å²) in [6.45, 7) is 1.76. The summed E-state index contributed by atoms with van der Waals surface area (Å²) in [6, 6.07) is 9.43. The van der Waals surface area contributed by atoms with E-state index in [2.05, 4.69) is 10.2 Å². The molecule has 0 amide bonds. The predicted molar refractivity (Wildman–Crippen MR) is 107 cm³/mol. The lowest BCUT2D eigenvalue weighted by Crippen LogP contribution is -2.00. The smallest absolute Gasteiger partial charge is 0.296 e. The third-order valence-corrected chi connectivity index (χ3v) is 5.94. The Morgan fingerprint density at radius 2 is 1.53 bits per heavy atom. The summed E-state index contributed by atoms with van der Waals surface area (Å²) in [4.78, 5) is -1.36. The third kappa shape index (κ3) is 4.26. The summed E-state index contributed by atoms with van der Waals surface area (Å²) in [5.41, 5.74) is -0.150. The van der Waals surface area contributed by atoms with E-state index in [1.54, 1.807) is 19.1 Å². The van der Waals surface area contributed by atoms with E-state index in [4.69, 9.17) is 4.74 Å². The molecule has 0 radical (unpaired) electrons. The topological polar surface area (TPSA) is 163 Å². The summed E-state index contributed by atoms with van der Waals surface area (Å²) in [7, 11) is -8.25. The van der Waals surface area contributed by atoms with Gasteiger partial charge in [-0.1, -0.05) is 23.8 Å². The molecule has 0 aliphatic heterocycles. The molecule has 3 aromatic carbocycles. The number of phenols is 1. The van der Waals surface area contributed by atoms with Crippen molar-refractivity contribution in [3.63, 3.8) is 0 Å².